The Morgan fingerprint density at radius 1 is 1.21 bits per heavy atom. The molecular weight excluding hydrogens is 435 g/mol. The van der Waals surface area contributed by atoms with Crippen LogP contribution in [0.4, 0.5) is 4.39 Å². The summed E-state index contributed by atoms with van der Waals surface area (Å²) in [4.78, 5) is 22.4. The number of fused-ring (bicyclic) bond motifs is 1. The molecule has 1 aliphatic rings. The van der Waals surface area contributed by atoms with Crippen LogP contribution in [0.25, 0.3) is 16.8 Å². The van der Waals surface area contributed by atoms with Crippen LogP contribution in [0.3, 0.4) is 0 Å². The molecule has 0 saturated heterocycles. The number of ether oxygens (including phenoxy) is 1. The number of imidazole rings is 1. The number of pyridine rings is 1. The van der Waals surface area contributed by atoms with Gasteiger partial charge in [0.15, 0.2) is 12.0 Å². The SMILES string of the molecule is Cc1ccc(COc2cccc(C3=CCN(Cc4nc5oc(C=O)cc5n4C)CC3)n2)c(F)c1. The summed E-state index contributed by atoms with van der Waals surface area (Å²) in [6, 6.07) is 12.5. The molecule has 0 saturated carbocycles. The number of aldehydes is 1. The second-order valence-corrected chi connectivity index (χ2v) is 8.50. The number of furan rings is 1. The first kappa shape index (κ1) is 22.0. The van der Waals surface area contributed by atoms with Crippen molar-refractivity contribution in [1.82, 2.24) is 19.4 Å². The fourth-order valence-electron chi connectivity index (χ4n) is 4.12. The molecule has 1 aliphatic heterocycles. The predicted octanol–water partition coefficient (Wildman–Crippen LogP) is 4.69. The van der Waals surface area contributed by atoms with Gasteiger partial charge in [0.2, 0.25) is 11.6 Å². The molecule has 4 aromatic rings. The van der Waals surface area contributed by atoms with Crippen molar-refractivity contribution >= 4 is 23.1 Å². The van der Waals surface area contributed by atoms with Crippen molar-refractivity contribution in [2.45, 2.75) is 26.5 Å². The Morgan fingerprint density at radius 3 is 2.82 bits per heavy atom. The summed E-state index contributed by atoms with van der Waals surface area (Å²) >= 11 is 0. The van der Waals surface area contributed by atoms with Gasteiger partial charge in [-0.05, 0) is 36.6 Å². The van der Waals surface area contributed by atoms with Gasteiger partial charge in [-0.25, -0.2) is 9.37 Å². The van der Waals surface area contributed by atoms with E-state index in [1.54, 1.807) is 18.2 Å². The number of carbonyl (C=O) groups excluding carboxylic acids is 1. The Bertz CT molecular complexity index is 1390. The van der Waals surface area contributed by atoms with E-state index in [-0.39, 0.29) is 18.2 Å². The normalized spacial score (nSPS) is 14.4. The van der Waals surface area contributed by atoms with E-state index in [2.05, 4.69) is 20.9 Å². The van der Waals surface area contributed by atoms with E-state index >= 15 is 0 Å². The van der Waals surface area contributed by atoms with Crippen molar-refractivity contribution in [3.8, 4) is 5.88 Å². The minimum atomic E-state index is -0.268. The van der Waals surface area contributed by atoms with Crippen LogP contribution in [0.2, 0.25) is 0 Å². The van der Waals surface area contributed by atoms with Gasteiger partial charge in [-0.3, -0.25) is 9.69 Å². The van der Waals surface area contributed by atoms with Crippen LogP contribution < -0.4 is 4.74 Å². The fraction of sp³-hybridized carbons (Fsp3) is 0.269. The highest BCUT2D eigenvalue weighted by atomic mass is 19.1. The molecule has 0 amide bonds. The molecule has 1 aromatic carbocycles. The summed E-state index contributed by atoms with van der Waals surface area (Å²) in [6.45, 7) is 4.30. The van der Waals surface area contributed by atoms with E-state index < -0.39 is 0 Å². The topological polar surface area (TPSA) is 73.4 Å². The summed E-state index contributed by atoms with van der Waals surface area (Å²) in [5, 5.41) is 0. The third kappa shape index (κ3) is 4.49. The first-order valence-corrected chi connectivity index (χ1v) is 11.2. The Hall–Kier alpha value is -3.78. The van der Waals surface area contributed by atoms with Crippen molar-refractivity contribution in [2.24, 2.45) is 7.05 Å². The Morgan fingerprint density at radius 2 is 2.09 bits per heavy atom. The van der Waals surface area contributed by atoms with E-state index in [0.717, 1.165) is 47.7 Å². The zero-order valence-corrected chi connectivity index (χ0v) is 19.1. The van der Waals surface area contributed by atoms with Crippen molar-refractivity contribution in [3.63, 3.8) is 0 Å². The number of aryl methyl sites for hydroxylation is 2. The summed E-state index contributed by atoms with van der Waals surface area (Å²) in [5.41, 5.74) is 4.72. The largest absolute Gasteiger partial charge is 0.473 e. The predicted molar refractivity (Wildman–Crippen MR) is 126 cm³/mol. The zero-order valence-electron chi connectivity index (χ0n) is 19.1. The number of halogens is 1. The van der Waals surface area contributed by atoms with E-state index in [4.69, 9.17) is 9.15 Å². The number of benzene rings is 1. The first-order chi connectivity index (χ1) is 16.5. The third-order valence-electron chi connectivity index (χ3n) is 6.10. The molecule has 0 spiro atoms. The molecule has 0 bridgehead atoms. The Kier molecular flexibility index (Phi) is 5.98. The quantitative estimate of drug-likeness (QED) is 0.373. The van der Waals surface area contributed by atoms with Crippen LogP contribution >= 0.6 is 0 Å². The zero-order chi connectivity index (χ0) is 23.7. The molecule has 174 valence electrons. The third-order valence-corrected chi connectivity index (χ3v) is 6.10. The molecule has 0 N–H and O–H groups in total. The highest BCUT2D eigenvalue weighted by Crippen LogP contribution is 2.25. The average molecular weight is 461 g/mol. The number of rotatable bonds is 7. The average Bonchev–Trinajstić information content (AvgIpc) is 3.38. The number of hydrogen-bond donors (Lipinski definition) is 0. The molecule has 5 rings (SSSR count). The molecule has 34 heavy (non-hydrogen) atoms. The molecule has 0 aliphatic carbocycles. The molecule has 8 heteroatoms. The second-order valence-electron chi connectivity index (χ2n) is 8.50. The van der Waals surface area contributed by atoms with Crippen LogP contribution in [0, 0.1) is 12.7 Å². The standard InChI is InChI=1S/C26H25FN4O3/c1-17-6-7-19(21(27)12-17)16-33-25-5-3-4-22(28-25)18-8-10-31(11-9-18)14-24-29-26-23(30(24)2)13-20(15-32)34-26/h3-8,12-13,15H,9-11,14,16H2,1-2H3. The van der Waals surface area contributed by atoms with Crippen molar-refractivity contribution < 1.29 is 18.3 Å². The summed E-state index contributed by atoms with van der Waals surface area (Å²) in [6.07, 6.45) is 3.71. The van der Waals surface area contributed by atoms with Gasteiger partial charge in [0.05, 0.1) is 12.2 Å². The van der Waals surface area contributed by atoms with E-state index in [9.17, 15) is 9.18 Å². The van der Waals surface area contributed by atoms with Crippen LogP contribution in [0.5, 0.6) is 5.88 Å². The number of hydrogen-bond acceptors (Lipinski definition) is 6. The van der Waals surface area contributed by atoms with Gasteiger partial charge in [-0.1, -0.05) is 24.3 Å². The molecule has 0 fully saturated rings. The van der Waals surface area contributed by atoms with E-state index in [1.165, 1.54) is 6.07 Å². The van der Waals surface area contributed by atoms with Crippen LogP contribution in [-0.2, 0) is 20.2 Å². The smallest absolute Gasteiger partial charge is 0.245 e. The molecule has 0 radical (unpaired) electrons. The van der Waals surface area contributed by atoms with Crippen molar-refractivity contribution in [2.75, 3.05) is 13.1 Å². The summed E-state index contributed by atoms with van der Waals surface area (Å²) in [7, 11) is 1.93. The molecular formula is C26H25FN4O3. The highest BCUT2D eigenvalue weighted by Gasteiger charge is 2.19. The lowest BCUT2D eigenvalue weighted by atomic mass is 10.0. The van der Waals surface area contributed by atoms with Crippen LogP contribution in [-0.4, -0.2) is 38.8 Å². The molecule has 0 unspecified atom stereocenters. The van der Waals surface area contributed by atoms with Crippen molar-refractivity contribution in [3.05, 3.63) is 82.8 Å². The lowest BCUT2D eigenvalue weighted by Gasteiger charge is -2.25. The van der Waals surface area contributed by atoms with Gasteiger partial charge in [-0.2, -0.15) is 4.98 Å². The molecule has 7 nitrogen and oxygen atoms in total. The second kappa shape index (κ2) is 9.23. The van der Waals surface area contributed by atoms with Crippen LogP contribution in [0.1, 0.15) is 39.6 Å². The van der Waals surface area contributed by atoms with E-state index in [1.807, 2.05) is 36.7 Å². The maximum Gasteiger partial charge on any atom is 0.245 e. The minimum absolute atomic E-state index is 0.135. The van der Waals surface area contributed by atoms with E-state index in [0.29, 0.717) is 30.0 Å². The van der Waals surface area contributed by atoms with Gasteiger partial charge in [0.1, 0.15) is 23.8 Å². The summed E-state index contributed by atoms with van der Waals surface area (Å²) < 4.78 is 27.2. The van der Waals surface area contributed by atoms with Gasteiger partial charge in [-0.15, -0.1) is 0 Å². The van der Waals surface area contributed by atoms with Gasteiger partial charge < -0.3 is 13.7 Å². The molecule has 0 atom stereocenters. The fourth-order valence-corrected chi connectivity index (χ4v) is 4.12. The minimum Gasteiger partial charge on any atom is -0.473 e. The number of nitrogens with zero attached hydrogens (tertiary/aromatic N) is 4. The van der Waals surface area contributed by atoms with Gasteiger partial charge in [0.25, 0.3) is 0 Å². The lowest BCUT2D eigenvalue weighted by Crippen LogP contribution is -2.29. The molecule has 3 aromatic heterocycles. The first-order valence-electron chi connectivity index (χ1n) is 11.2. The Balaban J connectivity index is 1.23. The number of carbonyl (C=O) groups is 1. The maximum atomic E-state index is 14.1. The Labute approximate surface area is 196 Å². The summed E-state index contributed by atoms with van der Waals surface area (Å²) in [5.74, 6) is 1.38. The monoisotopic (exact) mass is 460 g/mol. The highest BCUT2D eigenvalue weighted by molar-refractivity contribution is 5.81. The van der Waals surface area contributed by atoms with Gasteiger partial charge >= 0.3 is 0 Å². The van der Waals surface area contributed by atoms with Gasteiger partial charge in [0, 0.05) is 37.8 Å². The van der Waals surface area contributed by atoms with Crippen LogP contribution in [0.15, 0.2) is 53.0 Å². The van der Waals surface area contributed by atoms with Crippen molar-refractivity contribution in [1.29, 1.82) is 0 Å². The lowest BCUT2D eigenvalue weighted by molar-refractivity contribution is 0.110. The number of aromatic nitrogens is 3. The maximum absolute atomic E-state index is 14.1. The molecule has 4 heterocycles.